The third-order valence-electron chi connectivity index (χ3n) is 8.02. The van der Waals surface area contributed by atoms with E-state index in [9.17, 15) is 23.1 Å². The number of para-hydroxylation sites is 1. The summed E-state index contributed by atoms with van der Waals surface area (Å²) in [5, 5.41) is 13.1. The molecule has 12 heteroatoms. The fraction of sp³-hybridized carbons (Fsp3) is 0.438. The number of carbonyl (C=O) groups is 1. The summed E-state index contributed by atoms with van der Waals surface area (Å²) in [7, 11) is -2.45. The molecule has 1 aliphatic carbocycles. The average molecular weight is 627 g/mol. The topological polar surface area (TPSA) is 145 Å². The van der Waals surface area contributed by atoms with E-state index in [2.05, 4.69) is 5.32 Å². The van der Waals surface area contributed by atoms with Crippen LogP contribution in [0.5, 0.6) is 5.75 Å². The summed E-state index contributed by atoms with van der Waals surface area (Å²) in [6, 6.07) is 13.0. The van der Waals surface area contributed by atoms with Crippen molar-refractivity contribution in [2.24, 2.45) is 0 Å². The molecule has 0 saturated heterocycles. The molecule has 2 N–H and O–H groups in total. The van der Waals surface area contributed by atoms with E-state index in [1.807, 2.05) is 0 Å². The fourth-order valence-electron chi connectivity index (χ4n) is 5.63. The molecule has 3 aromatic rings. The van der Waals surface area contributed by atoms with E-state index in [1.165, 1.54) is 25.5 Å². The number of nitrogens with one attached hydrogen (secondary N) is 1. The first-order chi connectivity index (χ1) is 21.3. The van der Waals surface area contributed by atoms with Gasteiger partial charge in [0.05, 0.1) is 36.9 Å². The molecule has 2 heterocycles. The zero-order chi connectivity index (χ0) is 31.1. The van der Waals surface area contributed by atoms with Crippen molar-refractivity contribution in [1.82, 2.24) is 9.62 Å². The third kappa shape index (κ3) is 7.32. The van der Waals surface area contributed by atoms with Crippen molar-refractivity contribution in [3.8, 4) is 5.75 Å². The Morgan fingerprint density at radius 3 is 2.55 bits per heavy atom. The molecule has 11 nitrogen and oxygen atoms in total. The van der Waals surface area contributed by atoms with Gasteiger partial charge in [0.15, 0.2) is 11.2 Å². The molecular formula is C32H38N2O9S. The van der Waals surface area contributed by atoms with Crippen molar-refractivity contribution >= 4 is 26.9 Å². The normalized spacial score (nSPS) is 19.4. The van der Waals surface area contributed by atoms with Crippen molar-refractivity contribution in [3.63, 3.8) is 0 Å². The zero-order valence-corrected chi connectivity index (χ0v) is 25.5. The van der Waals surface area contributed by atoms with Gasteiger partial charge in [-0.2, -0.15) is 4.31 Å². The zero-order valence-electron chi connectivity index (χ0n) is 24.6. The van der Waals surface area contributed by atoms with Gasteiger partial charge in [0, 0.05) is 37.0 Å². The summed E-state index contributed by atoms with van der Waals surface area (Å²) in [5.74, 6) is -0.369. The van der Waals surface area contributed by atoms with Gasteiger partial charge < -0.3 is 29.1 Å². The van der Waals surface area contributed by atoms with E-state index in [4.69, 9.17) is 18.6 Å². The number of methoxy groups -OCH3 is 1. The van der Waals surface area contributed by atoms with Crippen molar-refractivity contribution in [2.75, 3.05) is 33.4 Å². The van der Waals surface area contributed by atoms with Gasteiger partial charge in [0.1, 0.15) is 11.3 Å². The van der Waals surface area contributed by atoms with E-state index in [1.54, 1.807) is 42.5 Å². The number of amides is 1. The molecule has 1 fully saturated rings. The lowest BCUT2D eigenvalue weighted by atomic mass is 9.92. The summed E-state index contributed by atoms with van der Waals surface area (Å²) in [5.41, 5.74) is 0.621. The van der Waals surface area contributed by atoms with Gasteiger partial charge >= 0.3 is 0 Å². The van der Waals surface area contributed by atoms with Gasteiger partial charge in [0.2, 0.25) is 16.3 Å². The number of aliphatic hydroxyl groups excluding tert-OH is 1. The van der Waals surface area contributed by atoms with Crippen LogP contribution in [0.3, 0.4) is 0 Å². The van der Waals surface area contributed by atoms with Crippen molar-refractivity contribution in [3.05, 3.63) is 82.4 Å². The Morgan fingerprint density at radius 1 is 1.07 bits per heavy atom. The number of carbonyl (C=O) groups excluding carboxylic acids is 1. The molecule has 0 spiro atoms. The molecule has 1 amide bonds. The molecule has 1 aromatic heterocycles. The molecule has 44 heavy (non-hydrogen) atoms. The van der Waals surface area contributed by atoms with Crippen LogP contribution in [0.25, 0.3) is 11.0 Å². The van der Waals surface area contributed by atoms with E-state index >= 15 is 0 Å². The predicted molar refractivity (Wildman–Crippen MR) is 163 cm³/mol. The summed E-state index contributed by atoms with van der Waals surface area (Å²) >= 11 is 0. The second-order valence-electron chi connectivity index (χ2n) is 10.9. The molecule has 0 unspecified atom stereocenters. The van der Waals surface area contributed by atoms with Crippen LogP contribution in [0.15, 0.2) is 80.7 Å². The van der Waals surface area contributed by atoms with Gasteiger partial charge in [0.25, 0.3) is 5.91 Å². The molecule has 2 atom stereocenters. The van der Waals surface area contributed by atoms with Crippen molar-refractivity contribution < 1.29 is 36.9 Å². The highest BCUT2D eigenvalue weighted by Crippen LogP contribution is 2.31. The van der Waals surface area contributed by atoms with E-state index in [0.717, 1.165) is 36.4 Å². The first-order valence-corrected chi connectivity index (χ1v) is 16.3. The lowest BCUT2D eigenvalue weighted by molar-refractivity contribution is -0.147. The lowest BCUT2D eigenvalue weighted by Gasteiger charge is -2.31. The number of aliphatic hydroxyl groups is 1. The standard InChI is InChI=1S/C32H38N2O9S/c1-40-24-11-13-25(14-12-24)44(38,39)34(15-17-35)16-18-41-30-20-22(27-21-42-28-10-6-5-9-26(28)31(27)36)19-29(43-30)32(37)33-23-7-3-2-4-8-23/h5-6,9-14,19,21-23,30,35H,2-4,7-8,15-18,20H2,1H3,(H,33,37)/t22-,30+/m1/s1. The molecule has 236 valence electrons. The Labute approximate surface area is 256 Å². The van der Waals surface area contributed by atoms with Crippen molar-refractivity contribution in [2.45, 2.75) is 61.7 Å². The van der Waals surface area contributed by atoms with Crippen LogP contribution in [0.1, 0.15) is 50.0 Å². The highest BCUT2D eigenvalue weighted by Gasteiger charge is 2.32. The largest absolute Gasteiger partial charge is 0.497 e. The maximum atomic E-state index is 13.4. The second kappa shape index (κ2) is 14.4. The number of fused-ring (bicyclic) bond motifs is 1. The van der Waals surface area contributed by atoms with Crippen LogP contribution < -0.4 is 15.5 Å². The SMILES string of the molecule is COc1ccc(S(=O)(=O)N(CCO)CCO[C@@H]2C[C@H](c3coc4ccccc4c3=O)C=C(C(=O)NC3CCCCC3)O2)cc1. The van der Waals surface area contributed by atoms with E-state index in [-0.39, 0.29) is 60.8 Å². The minimum atomic E-state index is -3.94. The van der Waals surface area contributed by atoms with Gasteiger partial charge in [-0.1, -0.05) is 31.4 Å². The minimum Gasteiger partial charge on any atom is -0.497 e. The number of benzene rings is 2. The van der Waals surface area contributed by atoms with Gasteiger partial charge in [-0.3, -0.25) is 9.59 Å². The lowest BCUT2D eigenvalue weighted by Crippen LogP contribution is -2.40. The Bertz CT molecular complexity index is 1630. The molecule has 0 bridgehead atoms. The van der Waals surface area contributed by atoms with E-state index in [0.29, 0.717) is 22.3 Å². The number of hydrogen-bond acceptors (Lipinski definition) is 9. The van der Waals surface area contributed by atoms with Crippen LogP contribution in [0.4, 0.5) is 0 Å². The highest BCUT2D eigenvalue weighted by molar-refractivity contribution is 7.89. The van der Waals surface area contributed by atoms with Crippen LogP contribution in [-0.4, -0.2) is 69.5 Å². The quantitative estimate of drug-likeness (QED) is 0.308. The van der Waals surface area contributed by atoms with Crippen LogP contribution >= 0.6 is 0 Å². The number of hydrogen-bond donors (Lipinski definition) is 2. The number of nitrogens with zero attached hydrogens (tertiary/aromatic N) is 1. The number of ether oxygens (including phenoxy) is 3. The van der Waals surface area contributed by atoms with Crippen LogP contribution in [0.2, 0.25) is 0 Å². The molecule has 2 aromatic carbocycles. The maximum absolute atomic E-state index is 13.4. The summed E-state index contributed by atoms with van der Waals surface area (Å²) < 4.78 is 50.5. The van der Waals surface area contributed by atoms with Gasteiger partial charge in [-0.15, -0.1) is 0 Å². The maximum Gasteiger partial charge on any atom is 0.286 e. The summed E-state index contributed by atoms with van der Waals surface area (Å²) in [6.07, 6.45) is 7.31. The molecule has 5 rings (SSSR count). The Morgan fingerprint density at radius 2 is 1.82 bits per heavy atom. The minimum absolute atomic E-state index is 0.0430. The van der Waals surface area contributed by atoms with Crippen LogP contribution in [-0.2, 0) is 24.3 Å². The molecular weight excluding hydrogens is 588 g/mol. The third-order valence-corrected chi connectivity index (χ3v) is 9.93. The molecule has 0 radical (unpaired) electrons. The Hall–Kier alpha value is -3.71. The van der Waals surface area contributed by atoms with E-state index < -0.39 is 22.2 Å². The first-order valence-electron chi connectivity index (χ1n) is 14.9. The summed E-state index contributed by atoms with van der Waals surface area (Å²) in [6.45, 7) is -0.691. The molecule has 1 aliphatic heterocycles. The number of sulfonamides is 1. The fourth-order valence-corrected chi connectivity index (χ4v) is 7.05. The highest BCUT2D eigenvalue weighted by atomic mass is 32.2. The van der Waals surface area contributed by atoms with Crippen molar-refractivity contribution in [1.29, 1.82) is 0 Å². The van der Waals surface area contributed by atoms with Crippen LogP contribution in [0, 0.1) is 0 Å². The smallest absolute Gasteiger partial charge is 0.286 e. The predicted octanol–water partition coefficient (Wildman–Crippen LogP) is 3.66. The number of allylic oxidation sites excluding steroid dienone is 1. The average Bonchev–Trinajstić information content (AvgIpc) is 3.05. The van der Waals surface area contributed by atoms with Gasteiger partial charge in [-0.25, -0.2) is 8.42 Å². The second-order valence-corrected chi connectivity index (χ2v) is 12.9. The monoisotopic (exact) mass is 626 g/mol. The number of rotatable bonds is 12. The molecule has 1 saturated carbocycles. The molecule has 2 aliphatic rings. The first kappa shape index (κ1) is 31.7. The Balaban J connectivity index is 1.33. The Kier molecular flexibility index (Phi) is 10.4. The summed E-state index contributed by atoms with van der Waals surface area (Å²) in [4.78, 5) is 26.8. The van der Waals surface area contributed by atoms with Gasteiger partial charge in [-0.05, 0) is 55.3 Å².